The number of ether oxygens (including phenoxy) is 2. The minimum Gasteiger partial charge on any atom is -0.497 e. The summed E-state index contributed by atoms with van der Waals surface area (Å²) in [5.74, 6) is 1.24. The molecule has 1 amide bonds. The zero-order valence-electron chi connectivity index (χ0n) is 13.2. The fourth-order valence-corrected chi connectivity index (χ4v) is 1.71. The minimum atomic E-state index is -0.556. The monoisotopic (exact) mass is 316 g/mol. The second-order valence-corrected chi connectivity index (χ2v) is 5.74. The van der Waals surface area contributed by atoms with Gasteiger partial charge in [-0.2, -0.15) is 0 Å². The second-order valence-electron chi connectivity index (χ2n) is 5.74. The maximum atomic E-state index is 12.0. The highest BCUT2D eigenvalue weighted by Gasteiger charge is 2.27. The van der Waals surface area contributed by atoms with Crippen molar-refractivity contribution in [2.45, 2.75) is 33.4 Å². The summed E-state index contributed by atoms with van der Waals surface area (Å²) in [5.41, 5.74) is 6.49. The van der Waals surface area contributed by atoms with Crippen molar-refractivity contribution in [3.8, 4) is 11.5 Å². The predicted octanol–water partition coefficient (Wildman–Crippen LogP) is 2.12. The molecule has 0 spiro atoms. The molecule has 6 heteroatoms. The van der Waals surface area contributed by atoms with Gasteiger partial charge in [0, 0.05) is 12.1 Å². The van der Waals surface area contributed by atoms with Gasteiger partial charge in [0.15, 0.2) is 0 Å². The van der Waals surface area contributed by atoms with E-state index in [1.54, 1.807) is 14.2 Å². The molecule has 0 fully saturated rings. The van der Waals surface area contributed by atoms with Crippen molar-refractivity contribution in [2.75, 3.05) is 14.2 Å². The topological polar surface area (TPSA) is 73.6 Å². The van der Waals surface area contributed by atoms with Crippen LogP contribution in [0.15, 0.2) is 18.2 Å². The molecule has 5 nitrogen and oxygen atoms in total. The smallest absolute Gasteiger partial charge is 0.237 e. The Balaban J connectivity index is 0.00000400. The summed E-state index contributed by atoms with van der Waals surface area (Å²) in [7, 11) is 3.19. The third-order valence-electron chi connectivity index (χ3n) is 3.16. The lowest BCUT2D eigenvalue weighted by Crippen LogP contribution is -2.48. The molecule has 0 saturated heterocycles. The van der Waals surface area contributed by atoms with E-state index in [1.807, 2.05) is 39.0 Å². The van der Waals surface area contributed by atoms with Gasteiger partial charge in [0.05, 0.1) is 20.3 Å². The first-order valence-electron chi connectivity index (χ1n) is 6.53. The maximum absolute atomic E-state index is 12.0. The molecule has 0 unspecified atom stereocenters. The van der Waals surface area contributed by atoms with Crippen molar-refractivity contribution in [1.29, 1.82) is 0 Å². The highest BCUT2D eigenvalue weighted by atomic mass is 35.5. The van der Waals surface area contributed by atoms with Crippen molar-refractivity contribution < 1.29 is 14.3 Å². The Kier molecular flexibility index (Phi) is 7.53. The number of nitrogens with two attached hydrogens (primary N) is 1. The normalized spacial score (nSPS) is 12.1. The molecule has 120 valence electrons. The molecule has 1 aromatic carbocycles. The van der Waals surface area contributed by atoms with Crippen molar-refractivity contribution in [2.24, 2.45) is 11.1 Å². The Bertz CT molecular complexity index is 472. The first kappa shape index (κ1) is 19.5. The number of nitrogens with one attached hydrogen (secondary N) is 1. The molecule has 1 aromatic rings. The van der Waals surface area contributed by atoms with Crippen LogP contribution < -0.4 is 20.5 Å². The predicted molar refractivity (Wildman–Crippen MR) is 86.1 cm³/mol. The standard InChI is InChI=1S/C15H24N2O3.ClH/c1-15(2,3)13(16)14(18)17-9-10-8-11(19-4)6-7-12(10)20-5;/h6-8,13H,9,16H2,1-5H3,(H,17,18);1H/t13-;/m1./s1. The van der Waals surface area contributed by atoms with Crippen molar-refractivity contribution >= 4 is 18.3 Å². The van der Waals surface area contributed by atoms with Gasteiger partial charge in [-0.25, -0.2) is 0 Å². The SMILES string of the molecule is COc1ccc(OC)c(CNC(=O)[C@@H](N)C(C)(C)C)c1.Cl. The Morgan fingerprint density at radius 2 is 1.90 bits per heavy atom. The molecule has 0 heterocycles. The van der Waals surface area contributed by atoms with Crippen molar-refractivity contribution in [3.05, 3.63) is 23.8 Å². The van der Waals surface area contributed by atoms with E-state index < -0.39 is 6.04 Å². The van der Waals surface area contributed by atoms with Gasteiger partial charge < -0.3 is 20.5 Å². The van der Waals surface area contributed by atoms with Crippen LogP contribution in [-0.2, 0) is 11.3 Å². The van der Waals surface area contributed by atoms with Gasteiger partial charge >= 0.3 is 0 Å². The fraction of sp³-hybridized carbons (Fsp3) is 0.533. The van der Waals surface area contributed by atoms with E-state index in [2.05, 4.69) is 5.32 Å². The molecule has 0 aliphatic rings. The Morgan fingerprint density at radius 3 is 2.38 bits per heavy atom. The number of carbonyl (C=O) groups excluding carboxylic acids is 1. The number of rotatable bonds is 5. The summed E-state index contributed by atoms with van der Waals surface area (Å²) in [5, 5.41) is 2.83. The molecule has 21 heavy (non-hydrogen) atoms. The summed E-state index contributed by atoms with van der Waals surface area (Å²) in [6.07, 6.45) is 0. The van der Waals surface area contributed by atoms with E-state index in [0.29, 0.717) is 12.3 Å². The first-order chi connectivity index (χ1) is 9.29. The molecular formula is C15H25ClN2O3. The number of hydrogen-bond acceptors (Lipinski definition) is 4. The van der Waals surface area contributed by atoms with Crippen LogP contribution in [0.3, 0.4) is 0 Å². The number of amides is 1. The van der Waals surface area contributed by atoms with Gasteiger partial charge in [-0.15, -0.1) is 12.4 Å². The van der Waals surface area contributed by atoms with Crippen molar-refractivity contribution in [1.82, 2.24) is 5.32 Å². The van der Waals surface area contributed by atoms with Gasteiger partial charge in [0.25, 0.3) is 0 Å². The van der Waals surface area contributed by atoms with Crippen LogP contribution in [0, 0.1) is 5.41 Å². The summed E-state index contributed by atoms with van der Waals surface area (Å²) < 4.78 is 10.4. The molecule has 1 atom stereocenters. The molecule has 1 rings (SSSR count). The molecular weight excluding hydrogens is 292 g/mol. The summed E-state index contributed by atoms with van der Waals surface area (Å²) in [4.78, 5) is 12.0. The van der Waals surface area contributed by atoms with Crippen LogP contribution in [0.5, 0.6) is 11.5 Å². The average Bonchev–Trinajstić information content (AvgIpc) is 2.42. The van der Waals surface area contributed by atoms with Crippen LogP contribution in [0.1, 0.15) is 26.3 Å². The van der Waals surface area contributed by atoms with E-state index >= 15 is 0 Å². The molecule has 0 aromatic heterocycles. The van der Waals surface area contributed by atoms with E-state index in [4.69, 9.17) is 15.2 Å². The summed E-state index contributed by atoms with van der Waals surface area (Å²) in [6.45, 7) is 6.15. The Morgan fingerprint density at radius 1 is 1.29 bits per heavy atom. The largest absolute Gasteiger partial charge is 0.497 e. The zero-order chi connectivity index (χ0) is 15.3. The molecule has 0 saturated carbocycles. The lowest BCUT2D eigenvalue weighted by Gasteiger charge is -2.26. The molecule has 0 aliphatic carbocycles. The average molecular weight is 317 g/mol. The van der Waals surface area contributed by atoms with Crippen molar-refractivity contribution in [3.63, 3.8) is 0 Å². The van der Waals surface area contributed by atoms with E-state index in [9.17, 15) is 4.79 Å². The van der Waals surface area contributed by atoms with Crippen LogP contribution in [-0.4, -0.2) is 26.2 Å². The second kappa shape index (κ2) is 8.10. The summed E-state index contributed by atoms with van der Waals surface area (Å²) in [6, 6.07) is 4.90. The number of carbonyl (C=O) groups is 1. The minimum absolute atomic E-state index is 0. The van der Waals surface area contributed by atoms with Gasteiger partial charge in [0.2, 0.25) is 5.91 Å². The van der Waals surface area contributed by atoms with E-state index in [1.165, 1.54) is 0 Å². The van der Waals surface area contributed by atoms with Crippen LogP contribution in [0.25, 0.3) is 0 Å². The van der Waals surface area contributed by atoms with Crippen LogP contribution in [0.4, 0.5) is 0 Å². The molecule has 0 aliphatic heterocycles. The van der Waals surface area contributed by atoms with Gasteiger partial charge in [-0.1, -0.05) is 20.8 Å². The Hall–Kier alpha value is -1.46. The summed E-state index contributed by atoms with van der Waals surface area (Å²) >= 11 is 0. The maximum Gasteiger partial charge on any atom is 0.237 e. The quantitative estimate of drug-likeness (QED) is 0.872. The highest BCUT2D eigenvalue weighted by molar-refractivity contribution is 5.85. The van der Waals surface area contributed by atoms with E-state index in [0.717, 1.165) is 11.3 Å². The fourth-order valence-electron chi connectivity index (χ4n) is 1.71. The third kappa shape index (κ3) is 5.44. The third-order valence-corrected chi connectivity index (χ3v) is 3.16. The lowest BCUT2D eigenvalue weighted by atomic mass is 9.87. The highest BCUT2D eigenvalue weighted by Crippen LogP contribution is 2.24. The first-order valence-corrected chi connectivity index (χ1v) is 6.53. The molecule has 3 N–H and O–H groups in total. The van der Waals surface area contributed by atoms with Gasteiger partial charge in [-0.3, -0.25) is 4.79 Å². The zero-order valence-corrected chi connectivity index (χ0v) is 14.0. The molecule has 0 radical (unpaired) electrons. The van der Waals surface area contributed by atoms with Crippen LogP contribution in [0.2, 0.25) is 0 Å². The number of halogens is 1. The van der Waals surface area contributed by atoms with Gasteiger partial charge in [0.1, 0.15) is 11.5 Å². The van der Waals surface area contributed by atoms with Crippen LogP contribution >= 0.6 is 12.4 Å². The number of hydrogen-bond donors (Lipinski definition) is 2. The Labute approximate surface area is 132 Å². The lowest BCUT2D eigenvalue weighted by molar-refractivity contribution is -0.124. The van der Waals surface area contributed by atoms with Gasteiger partial charge in [-0.05, 0) is 23.6 Å². The number of methoxy groups -OCH3 is 2. The number of benzene rings is 1. The molecule has 0 bridgehead atoms. The van der Waals surface area contributed by atoms with E-state index in [-0.39, 0.29) is 23.7 Å².